The number of aromatic amines is 1. The lowest BCUT2D eigenvalue weighted by atomic mass is 10.0. The molecule has 3 rings (SSSR count). The number of nitriles is 1. The summed E-state index contributed by atoms with van der Waals surface area (Å²) in [6.07, 6.45) is 0. The molecular formula is C16H10ClN2. The molecule has 2 aromatic carbocycles. The fourth-order valence-corrected chi connectivity index (χ4v) is 2.39. The molecule has 3 aromatic rings. The molecule has 91 valence electrons. The summed E-state index contributed by atoms with van der Waals surface area (Å²) in [5.41, 5.74) is 4.28. The molecular weight excluding hydrogens is 256 g/mol. The molecule has 0 saturated carbocycles. The van der Waals surface area contributed by atoms with E-state index in [2.05, 4.69) is 18.0 Å². The molecule has 0 bridgehead atoms. The molecule has 0 fully saturated rings. The Bertz CT molecular complexity index is 792. The third-order valence-electron chi connectivity index (χ3n) is 3.12. The summed E-state index contributed by atoms with van der Waals surface area (Å²) in [6.45, 7) is 3.87. The van der Waals surface area contributed by atoms with Crippen molar-refractivity contribution in [3.63, 3.8) is 0 Å². The molecule has 1 aromatic heterocycles. The summed E-state index contributed by atoms with van der Waals surface area (Å²) >= 11 is 6.05. The van der Waals surface area contributed by atoms with Gasteiger partial charge in [0, 0.05) is 21.5 Å². The van der Waals surface area contributed by atoms with Crippen LogP contribution in [0.5, 0.6) is 0 Å². The summed E-state index contributed by atoms with van der Waals surface area (Å²) in [5.74, 6) is 0. The van der Waals surface area contributed by atoms with Crippen LogP contribution in [0.15, 0.2) is 42.5 Å². The van der Waals surface area contributed by atoms with E-state index in [1.165, 1.54) is 0 Å². The quantitative estimate of drug-likeness (QED) is 0.689. The molecule has 0 unspecified atom stereocenters. The van der Waals surface area contributed by atoms with Crippen LogP contribution in [0.2, 0.25) is 5.02 Å². The Morgan fingerprint density at radius 1 is 1.11 bits per heavy atom. The van der Waals surface area contributed by atoms with Crippen LogP contribution in [0.4, 0.5) is 0 Å². The number of nitrogens with one attached hydrogen (secondary N) is 1. The van der Waals surface area contributed by atoms with Crippen molar-refractivity contribution in [3.8, 4) is 17.2 Å². The number of hydrogen-bond donors (Lipinski definition) is 1. The third-order valence-corrected chi connectivity index (χ3v) is 3.35. The fourth-order valence-electron chi connectivity index (χ4n) is 2.22. The van der Waals surface area contributed by atoms with Gasteiger partial charge in [-0.05, 0) is 36.2 Å². The van der Waals surface area contributed by atoms with Gasteiger partial charge in [-0.2, -0.15) is 5.26 Å². The van der Waals surface area contributed by atoms with Crippen LogP contribution >= 0.6 is 11.6 Å². The third kappa shape index (κ3) is 1.99. The highest BCUT2D eigenvalue weighted by Gasteiger charge is 2.13. The number of benzene rings is 2. The summed E-state index contributed by atoms with van der Waals surface area (Å²) in [6, 6.07) is 15.6. The van der Waals surface area contributed by atoms with Crippen molar-refractivity contribution in [2.45, 2.75) is 0 Å². The van der Waals surface area contributed by atoms with Gasteiger partial charge in [-0.25, -0.2) is 0 Å². The minimum absolute atomic E-state index is 0.550. The van der Waals surface area contributed by atoms with Gasteiger partial charge in [0.2, 0.25) is 0 Å². The normalized spacial score (nSPS) is 10.6. The zero-order chi connectivity index (χ0) is 13.4. The highest BCUT2D eigenvalue weighted by atomic mass is 35.5. The Morgan fingerprint density at radius 2 is 1.84 bits per heavy atom. The fraction of sp³-hybridized carbons (Fsp3) is 0. The van der Waals surface area contributed by atoms with Crippen molar-refractivity contribution in [1.82, 2.24) is 4.98 Å². The van der Waals surface area contributed by atoms with Crippen LogP contribution in [0.25, 0.3) is 22.0 Å². The minimum Gasteiger partial charge on any atom is -0.346 e. The first kappa shape index (κ1) is 11.8. The van der Waals surface area contributed by atoms with E-state index in [4.69, 9.17) is 11.6 Å². The Kier molecular flexibility index (Phi) is 2.77. The maximum absolute atomic E-state index is 9.28. The van der Waals surface area contributed by atoms with E-state index < -0.39 is 0 Å². The lowest BCUT2D eigenvalue weighted by Crippen LogP contribution is -1.81. The summed E-state index contributed by atoms with van der Waals surface area (Å²) in [4.78, 5) is 3.12. The van der Waals surface area contributed by atoms with Gasteiger partial charge in [0.05, 0.1) is 0 Å². The lowest BCUT2D eigenvalue weighted by Gasteiger charge is -2.02. The number of halogens is 1. The van der Waals surface area contributed by atoms with Crippen LogP contribution in [-0.2, 0) is 0 Å². The molecule has 0 atom stereocenters. The zero-order valence-electron chi connectivity index (χ0n) is 10.1. The lowest BCUT2D eigenvalue weighted by molar-refractivity contribution is 1.37. The van der Waals surface area contributed by atoms with Crippen molar-refractivity contribution in [2.24, 2.45) is 0 Å². The van der Waals surface area contributed by atoms with Crippen molar-refractivity contribution in [1.29, 1.82) is 5.26 Å². The number of hydrogen-bond acceptors (Lipinski definition) is 1. The summed E-state index contributed by atoms with van der Waals surface area (Å²) in [5, 5.41) is 10.9. The number of H-pyrrole nitrogens is 1. The standard InChI is InChI=1S/C16H10ClN2/c1-10-2-4-11(5-3-10)16-13-8-12(17)6-7-14(13)19-15(16)9-18/h2-8,19H,1H2. The monoisotopic (exact) mass is 265 g/mol. The van der Waals surface area contributed by atoms with Crippen molar-refractivity contribution in [3.05, 3.63) is 65.7 Å². The van der Waals surface area contributed by atoms with Crippen molar-refractivity contribution >= 4 is 22.5 Å². The summed E-state index contributed by atoms with van der Waals surface area (Å²) < 4.78 is 0. The molecule has 2 nitrogen and oxygen atoms in total. The van der Waals surface area contributed by atoms with E-state index >= 15 is 0 Å². The Balaban J connectivity index is 2.35. The maximum Gasteiger partial charge on any atom is 0.126 e. The van der Waals surface area contributed by atoms with Gasteiger partial charge in [-0.15, -0.1) is 0 Å². The van der Waals surface area contributed by atoms with E-state index in [9.17, 15) is 5.26 Å². The van der Waals surface area contributed by atoms with Gasteiger partial charge in [-0.3, -0.25) is 0 Å². The predicted octanol–water partition coefficient (Wildman–Crippen LogP) is 4.54. The van der Waals surface area contributed by atoms with Gasteiger partial charge in [0.25, 0.3) is 0 Å². The van der Waals surface area contributed by atoms with E-state index in [-0.39, 0.29) is 0 Å². The van der Waals surface area contributed by atoms with Gasteiger partial charge < -0.3 is 4.98 Å². The zero-order valence-corrected chi connectivity index (χ0v) is 10.8. The molecule has 0 saturated heterocycles. The van der Waals surface area contributed by atoms with Crippen LogP contribution in [0, 0.1) is 18.3 Å². The molecule has 1 radical (unpaired) electrons. The van der Waals surface area contributed by atoms with Gasteiger partial charge in [0.1, 0.15) is 11.8 Å². The van der Waals surface area contributed by atoms with Gasteiger partial charge in [0.15, 0.2) is 0 Å². The number of fused-ring (bicyclic) bond motifs is 1. The number of nitrogens with zero attached hydrogens (tertiary/aromatic N) is 1. The molecule has 0 amide bonds. The van der Waals surface area contributed by atoms with E-state index in [0.717, 1.165) is 27.6 Å². The molecule has 0 aliphatic heterocycles. The maximum atomic E-state index is 9.28. The number of rotatable bonds is 1. The second-order valence-electron chi connectivity index (χ2n) is 4.37. The van der Waals surface area contributed by atoms with Gasteiger partial charge in [-0.1, -0.05) is 35.9 Å². The first-order valence-corrected chi connectivity index (χ1v) is 6.20. The van der Waals surface area contributed by atoms with Crippen molar-refractivity contribution < 1.29 is 0 Å². The molecule has 3 heteroatoms. The molecule has 0 aliphatic carbocycles. The minimum atomic E-state index is 0.550. The Hall–Kier alpha value is -2.24. The molecule has 19 heavy (non-hydrogen) atoms. The highest BCUT2D eigenvalue weighted by molar-refractivity contribution is 6.31. The number of aromatic nitrogens is 1. The van der Waals surface area contributed by atoms with E-state index in [1.807, 2.05) is 42.5 Å². The Morgan fingerprint density at radius 3 is 2.53 bits per heavy atom. The van der Waals surface area contributed by atoms with Crippen LogP contribution in [0.1, 0.15) is 11.3 Å². The SMILES string of the molecule is [CH2]c1ccc(-c2c(C#N)[nH]c3ccc(Cl)cc23)cc1. The second kappa shape index (κ2) is 4.46. The van der Waals surface area contributed by atoms with Crippen LogP contribution in [-0.4, -0.2) is 4.98 Å². The average molecular weight is 266 g/mol. The molecule has 1 heterocycles. The topological polar surface area (TPSA) is 39.6 Å². The Labute approximate surface area is 116 Å². The smallest absolute Gasteiger partial charge is 0.126 e. The average Bonchev–Trinajstić information content (AvgIpc) is 2.77. The first-order valence-electron chi connectivity index (χ1n) is 5.83. The van der Waals surface area contributed by atoms with Crippen molar-refractivity contribution in [2.75, 3.05) is 0 Å². The summed E-state index contributed by atoms with van der Waals surface area (Å²) in [7, 11) is 0. The van der Waals surface area contributed by atoms with Crippen LogP contribution < -0.4 is 0 Å². The van der Waals surface area contributed by atoms with Gasteiger partial charge >= 0.3 is 0 Å². The van der Waals surface area contributed by atoms with E-state index in [0.29, 0.717) is 10.7 Å². The first-order chi connectivity index (χ1) is 9.19. The molecule has 0 aliphatic rings. The molecule has 1 N–H and O–H groups in total. The molecule has 0 spiro atoms. The van der Waals surface area contributed by atoms with Crippen LogP contribution in [0.3, 0.4) is 0 Å². The second-order valence-corrected chi connectivity index (χ2v) is 4.81. The predicted molar refractivity (Wildman–Crippen MR) is 77.9 cm³/mol. The van der Waals surface area contributed by atoms with E-state index in [1.54, 1.807) is 0 Å². The largest absolute Gasteiger partial charge is 0.346 e. The highest BCUT2D eigenvalue weighted by Crippen LogP contribution is 2.33.